The molecule has 1 saturated heterocycles. The van der Waals surface area contributed by atoms with Crippen molar-refractivity contribution in [2.24, 2.45) is 16.7 Å². The number of carbonyl (C=O) groups is 1. The lowest BCUT2D eigenvalue weighted by Gasteiger charge is -2.43. The van der Waals surface area contributed by atoms with E-state index in [1.54, 1.807) is 0 Å². The van der Waals surface area contributed by atoms with E-state index in [-0.39, 0.29) is 40.8 Å². The van der Waals surface area contributed by atoms with Crippen LogP contribution in [0.2, 0.25) is 0 Å². The van der Waals surface area contributed by atoms with Crippen LogP contribution >= 0.6 is 0 Å². The number of esters is 1. The van der Waals surface area contributed by atoms with Crippen LogP contribution in [0.5, 0.6) is 0 Å². The average Bonchev–Trinajstić information content (AvgIpc) is 3.27. The zero-order valence-corrected chi connectivity index (χ0v) is 20.4. The molecule has 0 radical (unpaired) electrons. The molecular formula is C29H36O4. The molecule has 1 aliphatic heterocycles. The van der Waals surface area contributed by atoms with E-state index in [9.17, 15) is 4.79 Å². The van der Waals surface area contributed by atoms with E-state index in [0.717, 1.165) is 24.0 Å². The lowest BCUT2D eigenvalue weighted by Crippen LogP contribution is -2.54. The Morgan fingerprint density at radius 2 is 1.55 bits per heavy atom. The normalized spacial score (nSPS) is 37.4. The molecule has 5 rings (SSSR count). The highest BCUT2D eigenvalue weighted by Crippen LogP contribution is 2.72. The lowest BCUT2D eigenvalue weighted by molar-refractivity contribution is -0.271. The maximum absolute atomic E-state index is 13.9. The van der Waals surface area contributed by atoms with Crippen LogP contribution in [0.3, 0.4) is 0 Å². The summed E-state index contributed by atoms with van der Waals surface area (Å²) in [6.45, 7) is 11.0. The topological polar surface area (TPSA) is 44.8 Å². The van der Waals surface area contributed by atoms with Crippen molar-refractivity contribution in [2.75, 3.05) is 0 Å². The summed E-state index contributed by atoms with van der Waals surface area (Å²) in [4.78, 5) is 13.9. The molecule has 0 N–H and O–H groups in total. The van der Waals surface area contributed by atoms with Crippen LogP contribution in [0.4, 0.5) is 0 Å². The second kappa shape index (κ2) is 7.95. The number of hydrogen-bond acceptors (Lipinski definition) is 4. The van der Waals surface area contributed by atoms with E-state index >= 15 is 0 Å². The molecule has 3 aliphatic rings. The van der Waals surface area contributed by atoms with Gasteiger partial charge in [-0.3, -0.25) is 4.79 Å². The van der Waals surface area contributed by atoms with E-state index < -0.39 is 11.9 Å². The van der Waals surface area contributed by atoms with Gasteiger partial charge < -0.3 is 14.2 Å². The van der Waals surface area contributed by atoms with Crippen LogP contribution in [0.15, 0.2) is 60.7 Å². The van der Waals surface area contributed by atoms with Crippen molar-refractivity contribution in [3.05, 3.63) is 71.8 Å². The third kappa shape index (κ3) is 3.37. The molecule has 0 amide bonds. The Hall–Kier alpha value is -2.17. The van der Waals surface area contributed by atoms with Crippen LogP contribution in [0.1, 0.15) is 64.5 Å². The Morgan fingerprint density at radius 3 is 2.15 bits per heavy atom. The molecule has 2 aromatic rings. The molecule has 4 nitrogen and oxygen atoms in total. The van der Waals surface area contributed by atoms with E-state index in [2.05, 4.69) is 46.8 Å². The van der Waals surface area contributed by atoms with Gasteiger partial charge in [0, 0.05) is 11.3 Å². The Morgan fingerprint density at radius 1 is 0.970 bits per heavy atom. The average molecular weight is 449 g/mol. The second-order valence-electron chi connectivity index (χ2n) is 11.1. The molecule has 1 heterocycles. The van der Waals surface area contributed by atoms with Crippen LogP contribution in [-0.4, -0.2) is 30.1 Å². The highest BCUT2D eigenvalue weighted by molar-refractivity contribution is 5.79. The molecule has 176 valence electrons. The summed E-state index contributed by atoms with van der Waals surface area (Å²) in [5.41, 5.74) is 1.84. The van der Waals surface area contributed by atoms with Crippen molar-refractivity contribution in [3.8, 4) is 0 Å². The fourth-order valence-electron chi connectivity index (χ4n) is 6.70. The maximum atomic E-state index is 13.9. The van der Waals surface area contributed by atoms with Gasteiger partial charge >= 0.3 is 5.97 Å². The third-order valence-electron chi connectivity index (χ3n) is 9.13. The zero-order valence-electron chi connectivity index (χ0n) is 20.4. The maximum Gasteiger partial charge on any atom is 0.314 e. The van der Waals surface area contributed by atoms with Crippen molar-refractivity contribution >= 4 is 5.97 Å². The summed E-state index contributed by atoms with van der Waals surface area (Å²) in [5.74, 6) is -1.24. The predicted octanol–water partition coefficient (Wildman–Crippen LogP) is 5.90. The number of rotatable bonds is 5. The molecule has 2 saturated carbocycles. The Kier molecular flexibility index (Phi) is 5.45. The van der Waals surface area contributed by atoms with Crippen LogP contribution in [-0.2, 0) is 25.4 Å². The van der Waals surface area contributed by atoms with Gasteiger partial charge in [-0.1, -0.05) is 81.4 Å². The first-order valence-electron chi connectivity index (χ1n) is 12.3. The first-order chi connectivity index (χ1) is 15.7. The predicted molar refractivity (Wildman–Crippen MR) is 128 cm³/mol. The monoisotopic (exact) mass is 448 g/mol. The molecule has 2 bridgehead atoms. The van der Waals surface area contributed by atoms with Gasteiger partial charge in [0.1, 0.15) is 0 Å². The standard InChI is InChI=1S/C29H36O4/c1-19-20(2)33-29(32-19)24-16-17-28(5,27(24,3)4)26(29)31-25(30)23(22-14-10-7-11-15-22)18-21-12-8-6-9-13-21/h6-15,19-20,23-24,26H,16-18H2,1-5H3/t19-,20+,23?,24-,26-,28-,29?/m0/s1. The highest BCUT2D eigenvalue weighted by atomic mass is 16.8. The Bertz CT molecular complexity index is 991. The Labute approximate surface area is 197 Å². The summed E-state index contributed by atoms with van der Waals surface area (Å²) in [6, 6.07) is 20.1. The number of carbonyl (C=O) groups excluding carboxylic acids is 1. The molecule has 3 fully saturated rings. The SMILES string of the molecule is C[C@@H]1OC2(O[C@@H]1C)[C@H]1CC[C@@](C)([C@@H]2OC(=O)C(Cc2ccccc2)c2ccccc2)C1(C)C. The summed E-state index contributed by atoms with van der Waals surface area (Å²) < 4.78 is 19.7. The number of fused-ring (bicyclic) bond motifs is 3. The molecular weight excluding hydrogens is 412 g/mol. The molecule has 1 spiro atoms. The molecule has 2 aromatic carbocycles. The quantitative estimate of drug-likeness (QED) is 0.534. The van der Waals surface area contributed by atoms with Gasteiger partial charge in [-0.15, -0.1) is 0 Å². The van der Waals surface area contributed by atoms with Crippen LogP contribution in [0, 0.1) is 16.7 Å². The molecule has 0 aromatic heterocycles. The van der Waals surface area contributed by atoms with E-state index in [0.29, 0.717) is 6.42 Å². The van der Waals surface area contributed by atoms with Gasteiger partial charge in [0.05, 0.1) is 18.1 Å². The minimum Gasteiger partial charge on any atom is -0.456 e. The molecule has 4 heteroatoms. The van der Waals surface area contributed by atoms with Gasteiger partial charge in [0.15, 0.2) is 6.10 Å². The van der Waals surface area contributed by atoms with Crippen molar-refractivity contribution < 1.29 is 19.0 Å². The largest absolute Gasteiger partial charge is 0.456 e. The molecule has 2 unspecified atom stereocenters. The lowest BCUT2D eigenvalue weighted by atomic mass is 9.70. The smallest absolute Gasteiger partial charge is 0.314 e. The minimum atomic E-state index is -0.862. The second-order valence-corrected chi connectivity index (χ2v) is 11.1. The summed E-state index contributed by atoms with van der Waals surface area (Å²) in [5, 5.41) is 0. The van der Waals surface area contributed by atoms with Gasteiger partial charge in [0.25, 0.3) is 0 Å². The van der Waals surface area contributed by atoms with Crippen molar-refractivity contribution in [2.45, 2.75) is 83.9 Å². The zero-order chi connectivity index (χ0) is 23.4. The van der Waals surface area contributed by atoms with Crippen molar-refractivity contribution in [3.63, 3.8) is 0 Å². The van der Waals surface area contributed by atoms with Crippen LogP contribution < -0.4 is 0 Å². The highest BCUT2D eigenvalue weighted by Gasteiger charge is 2.78. The van der Waals surface area contributed by atoms with E-state index in [1.165, 1.54) is 0 Å². The number of benzene rings is 2. The summed E-state index contributed by atoms with van der Waals surface area (Å²) in [6.07, 6.45) is 2.15. The Balaban J connectivity index is 1.49. The fourth-order valence-corrected chi connectivity index (χ4v) is 6.70. The van der Waals surface area contributed by atoms with Gasteiger partial charge in [-0.25, -0.2) is 0 Å². The minimum absolute atomic E-state index is 0.0285. The van der Waals surface area contributed by atoms with Crippen LogP contribution in [0.25, 0.3) is 0 Å². The molecule has 7 atom stereocenters. The summed E-state index contributed by atoms with van der Waals surface area (Å²) >= 11 is 0. The van der Waals surface area contributed by atoms with Gasteiger partial charge in [-0.2, -0.15) is 0 Å². The van der Waals surface area contributed by atoms with Crippen molar-refractivity contribution in [1.82, 2.24) is 0 Å². The van der Waals surface area contributed by atoms with E-state index in [1.807, 2.05) is 48.5 Å². The third-order valence-corrected chi connectivity index (χ3v) is 9.13. The number of ether oxygens (including phenoxy) is 3. The first-order valence-corrected chi connectivity index (χ1v) is 12.3. The van der Waals surface area contributed by atoms with Gasteiger partial charge in [-0.05, 0) is 49.7 Å². The van der Waals surface area contributed by atoms with Gasteiger partial charge in [0.2, 0.25) is 5.79 Å². The first kappa shape index (κ1) is 22.6. The van der Waals surface area contributed by atoms with E-state index in [4.69, 9.17) is 14.2 Å². The van der Waals surface area contributed by atoms with Crippen molar-refractivity contribution in [1.29, 1.82) is 0 Å². The number of hydrogen-bond donors (Lipinski definition) is 0. The summed E-state index contributed by atoms with van der Waals surface area (Å²) in [7, 11) is 0. The fraction of sp³-hybridized carbons (Fsp3) is 0.552. The molecule has 2 aliphatic carbocycles. The molecule has 33 heavy (non-hydrogen) atoms.